The fraction of sp³-hybridized carbons (Fsp3) is 0.667. The monoisotopic (exact) mass is 475 g/mol. The van der Waals surface area contributed by atoms with Gasteiger partial charge in [-0.2, -0.15) is 4.98 Å². The molecule has 0 N–H and O–H groups in total. The third-order valence-corrected chi connectivity index (χ3v) is 4.80. The van der Waals surface area contributed by atoms with E-state index in [-0.39, 0.29) is 12.2 Å². The molecule has 3 heterocycles. The number of anilines is 1. The first kappa shape index (κ1) is 19.5. The highest BCUT2D eigenvalue weighted by molar-refractivity contribution is 14.1. The van der Waals surface area contributed by atoms with Crippen LogP contribution in [0.3, 0.4) is 0 Å². The summed E-state index contributed by atoms with van der Waals surface area (Å²) >= 11 is 2.28. The van der Waals surface area contributed by atoms with Gasteiger partial charge in [0.1, 0.15) is 17.5 Å². The van der Waals surface area contributed by atoms with E-state index in [9.17, 15) is 4.79 Å². The van der Waals surface area contributed by atoms with Gasteiger partial charge in [-0.3, -0.25) is 0 Å². The molecule has 2 aliphatic heterocycles. The van der Waals surface area contributed by atoms with Crippen molar-refractivity contribution in [1.29, 1.82) is 0 Å². The van der Waals surface area contributed by atoms with Crippen molar-refractivity contribution < 1.29 is 19.0 Å². The molecule has 26 heavy (non-hydrogen) atoms. The van der Waals surface area contributed by atoms with Gasteiger partial charge < -0.3 is 24.0 Å². The Morgan fingerprint density at radius 3 is 2.69 bits per heavy atom. The molecule has 1 aromatic heterocycles. The molecule has 0 bridgehead atoms. The molecule has 7 nitrogen and oxygen atoms in total. The molecule has 0 aliphatic carbocycles. The van der Waals surface area contributed by atoms with Crippen LogP contribution in [0.4, 0.5) is 10.6 Å². The number of rotatable bonds is 3. The molecule has 1 unspecified atom stereocenters. The number of carbonyl (C=O) groups is 1. The first-order valence-electron chi connectivity index (χ1n) is 8.95. The van der Waals surface area contributed by atoms with E-state index in [1.807, 2.05) is 26.8 Å². The number of hydrogen-bond acceptors (Lipinski definition) is 6. The molecule has 8 heteroatoms. The minimum absolute atomic E-state index is 0.0641. The highest BCUT2D eigenvalue weighted by Gasteiger charge is 2.31. The predicted molar refractivity (Wildman–Crippen MR) is 107 cm³/mol. The van der Waals surface area contributed by atoms with Crippen molar-refractivity contribution in [2.45, 2.75) is 38.9 Å². The molecule has 1 aromatic rings. The lowest BCUT2D eigenvalue weighted by Gasteiger charge is -2.28. The van der Waals surface area contributed by atoms with E-state index in [2.05, 4.69) is 38.5 Å². The maximum atomic E-state index is 12.2. The number of ether oxygens (including phenoxy) is 3. The van der Waals surface area contributed by atoms with Gasteiger partial charge in [-0.25, -0.2) is 4.79 Å². The molecule has 3 rings (SSSR count). The Kier molecular flexibility index (Phi) is 6.11. The summed E-state index contributed by atoms with van der Waals surface area (Å²) in [6.45, 7) is 9.89. The minimum Gasteiger partial charge on any atom is -0.472 e. The molecule has 2 fully saturated rings. The van der Waals surface area contributed by atoms with E-state index in [1.54, 1.807) is 4.90 Å². The fourth-order valence-corrected chi connectivity index (χ4v) is 3.51. The molecule has 144 valence electrons. The molecule has 2 aliphatic rings. The quantitative estimate of drug-likeness (QED) is 0.627. The second-order valence-electron chi connectivity index (χ2n) is 7.54. The summed E-state index contributed by atoms with van der Waals surface area (Å²) in [7, 11) is 0. The Labute approximate surface area is 168 Å². The van der Waals surface area contributed by atoms with E-state index in [1.165, 1.54) is 0 Å². The molecule has 2 saturated heterocycles. The van der Waals surface area contributed by atoms with E-state index < -0.39 is 5.60 Å². The first-order chi connectivity index (χ1) is 12.3. The highest BCUT2D eigenvalue weighted by atomic mass is 127. The zero-order valence-corrected chi connectivity index (χ0v) is 17.7. The standard InChI is InChI=1S/C18H26IN3O4/c1-18(2,3)26-17(23)22-5-4-14(12-22)25-16-11-13(19)10-15(20-16)21-6-8-24-9-7-21/h10-11,14H,4-9,12H2,1-3H3. The molecule has 1 atom stereocenters. The maximum Gasteiger partial charge on any atom is 0.410 e. The van der Waals surface area contributed by atoms with Gasteiger partial charge in [-0.15, -0.1) is 0 Å². The first-order valence-corrected chi connectivity index (χ1v) is 10.0. The van der Waals surface area contributed by atoms with Crippen molar-refractivity contribution in [3.63, 3.8) is 0 Å². The topological polar surface area (TPSA) is 64.1 Å². The lowest BCUT2D eigenvalue weighted by Crippen LogP contribution is -2.37. The average molecular weight is 475 g/mol. The summed E-state index contributed by atoms with van der Waals surface area (Å²) in [6.07, 6.45) is 0.429. The minimum atomic E-state index is -0.486. The van der Waals surface area contributed by atoms with Gasteiger partial charge >= 0.3 is 6.09 Å². The largest absolute Gasteiger partial charge is 0.472 e. The molecule has 0 spiro atoms. The number of amides is 1. The lowest BCUT2D eigenvalue weighted by atomic mass is 10.2. The van der Waals surface area contributed by atoms with Crippen LogP contribution in [0.5, 0.6) is 5.88 Å². The zero-order valence-electron chi connectivity index (χ0n) is 15.5. The van der Waals surface area contributed by atoms with Gasteiger partial charge in [0.05, 0.1) is 19.8 Å². The van der Waals surface area contributed by atoms with E-state index >= 15 is 0 Å². The van der Waals surface area contributed by atoms with Crippen LogP contribution in [0.2, 0.25) is 0 Å². The Bertz CT molecular complexity index is 644. The Balaban J connectivity index is 1.61. The summed E-state index contributed by atoms with van der Waals surface area (Å²) in [6, 6.07) is 3.99. The van der Waals surface area contributed by atoms with Crippen LogP contribution < -0.4 is 9.64 Å². The second kappa shape index (κ2) is 8.16. The number of likely N-dealkylation sites (tertiary alicyclic amines) is 1. The van der Waals surface area contributed by atoms with Gasteiger partial charge in [0.2, 0.25) is 5.88 Å². The normalized spacial score (nSPS) is 21.0. The molecule has 0 aromatic carbocycles. The van der Waals surface area contributed by atoms with Crippen molar-refractivity contribution >= 4 is 34.5 Å². The Hall–Kier alpha value is -1.29. The third-order valence-electron chi connectivity index (χ3n) is 4.17. The second-order valence-corrected chi connectivity index (χ2v) is 8.78. The SMILES string of the molecule is CC(C)(C)OC(=O)N1CCC(Oc2cc(I)cc(N3CCOCC3)n2)C1. The van der Waals surface area contributed by atoms with Crippen LogP contribution in [0.15, 0.2) is 12.1 Å². The van der Waals surface area contributed by atoms with Crippen LogP contribution in [0.1, 0.15) is 27.2 Å². The molecule has 0 radical (unpaired) electrons. The van der Waals surface area contributed by atoms with Gasteiger partial charge in [0.15, 0.2) is 0 Å². The van der Waals surface area contributed by atoms with Gasteiger partial charge in [0.25, 0.3) is 0 Å². The fourth-order valence-electron chi connectivity index (χ4n) is 2.96. The predicted octanol–water partition coefficient (Wildman–Crippen LogP) is 2.91. The Morgan fingerprint density at radius 1 is 1.27 bits per heavy atom. The smallest absolute Gasteiger partial charge is 0.410 e. The Morgan fingerprint density at radius 2 is 2.00 bits per heavy atom. The third kappa shape index (κ3) is 5.35. The van der Waals surface area contributed by atoms with Crippen molar-refractivity contribution in [3.05, 3.63) is 15.7 Å². The van der Waals surface area contributed by atoms with Crippen molar-refractivity contribution in [3.8, 4) is 5.88 Å². The van der Waals surface area contributed by atoms with Crippen LogP contribution in [-0.2, 0) is 9.47 Å². The number of hydrogen-bond donors (Lipinski definition) is 0. The summed E-state index contributed by atoms with van der Waals surface area (Å²) in [5, 5.41) is 0. The zero-order chi connectivity index (χ0) is 18.7. The van der Waals surface area contributed by atoms with Crippen molar-refractivity contribution in [2.24, 2.45) is 0 Å². The molecule has 0 saturated carbocycles. The van der Waals surface area contributed by atoms with Gasteiger partial charge in [-0.1, -0.05) is 0 Å². The number of carbonyl (C=O) groups excluding carboxylic acids is 1. The molecular formula is C18H26IN3O4. The summed E-state index contributed by atoms with van der Waals surface area (Å²) in [4.78, 5) is 20.8. The van der Waals surface area contributed by atoms with E-state index in [0.29, 0.717) is 19.0 Å². The van der Waals surface area contributed by atoms with Gasteiger partial charge in [0, 0.05) is 35.7 Å². The van der Waals surface area contributed by atoms with Crippen LogP contribution in [-0.4, -0.2) is 67.1 Å². The van der Waals surface area contributed by atoms with Gasteiger partial charge in [-0.05, 0) is 49.4 Å². The van der Waals surface area contributed by atoms with Crippen molar-refractivity contribution in [1.82, 2.24) is 9.88 Å². The van der Waals surface area contributed by atoms with Crippen LogP contribution in [0.25, 0.3) is 0 Å². The summed E-state index contributed by atoms with van der Waals surface area (Å²) in [5.41, 5.74) is -0.486. The maximum absolute atomic E-state index is 12.2. The average Bonchev–Trinajstić information content (AvgIpc) is 3.02. The van der Waals surface area contributed by atoms with Crippen LogP contribution in [0, 0.1) is 3.57 Å². The number of morpholine rings is 1. The molecule has 1 amide bonds. The number of pyridine rings is 1. The number of aromatic nitrogens is 1. The van der Waals surface area contributed by atoms with E-state index in [4.69, 9.17) is 14.2 Å². The summed E-state index contributed by atoms with van der Waals surface area (Å²) < 4.78 is 18.0. The number of halogens is 1. The summed E-state index contributed by atoms with van der Waals surface area (Å²) in [5.74, 6) is 1.52. The molecular weight excluding hydrogens is 449 g/mol. The van der Waals surface area contributed by atoms with Crippen LogP contribution >= 0.6 is 22.6 Å². The van der Waals surface area contributed by atoms with Crippen molar-refractivity contribution in [2.75, 3.05) is 44.3 Å². The number of nitrogens with zero attached hydrogens (tertiary/aromatic N) is 3. The highest BCUT2D eigenvalue weighted by Crippen LogP contribution is 2.25. The van der Waals surface area contributed by atoms with E-state index in [0.717, 1.165) is 42.1 Å². The lowest BCUT2D eigenvalue weighted by molar-refractivity contribution is 0.0275.